The molecule has 2 aromatic rings. The van der Waals surface area contributed by atoms with Gasteiger partial charge in [0.1, 0.15) is 5.82 Å². The first kappa shape index (κ1) is 23.7. The molecule has 7 nitrogen and oxygen atoms in total. The molecule has 33 heavy (non-hydrogen) atoms. The topological polar surface area (TPSA) is 74.8 Å². The number of carbonyl (C=O) groups is 2. The number of rotatable bonds is 5. The first-order chi connectivity index (χ1) is 15.8. The van der Waals surface area contributed by atoms with Crippen LogP contribution in [0.5, 0.6) is 0 Å². The number of nitrogens with one attached hydrogen (secondary N) is 1. The Kier molecular flexibility index (Phi) is 7.08. The maximum absolute atomic E-state index is 13.7. The van der Waals surface area contributed by atoms with Crippen LogP contribution >= 0.6 is 11.3 Å². The molecule has 0 aromatic carbocycles. The number of hydrogen-bond donors (Lipinski definition) is 1. The smallest absolute Gasteiger partial charge is 0.417 e. The quantitative estimate of drug-likeness (QED) is 0.653. The summed E-state index contributed by atoms with van der Waals surface area (Å²) in [4.78, 5) is 32.6. The minimum absolute atomic E-state index is 0.00440. The fourth-order valence-corrected chi connectivity index (χ4v) is 5.49. The van der Waals surface area contributed by atoms with Gasteiger partial charge in [-0.25, -0.2) is 9.78 Å². The number of halogens is 3. The summed E-state index contributed by atoms with van der Waals surface area (Å²) < 4.78 is 45.9. The summed E-state index contributed by atoms with van der Waals surface area (Å²) in [6, 6.07) is 1.30. The average Bonchev–Trinajstić information content (AvgIpc) is 3.22. The second-order valence-corrected chi connectivity index (χ2v) is 9.39. The normalized spacial score (nSPS) is 18.5. The number of amides is 1. The first-order valence-electron chi connectivity index (χ1n) is 11.1. The average molecular weight is 485 g/mol. The van der Waals surface area contributed by atoms with E-state index in [1.807, 2.05) is 4.90 Å². The lowest BCUT2D eigenvalue weighted by Gasteiger charge is -2.35. The molecule has 4 rings (SSSR count). The molecule has 11 heteroatoms. The van der Waals surface area contributed by atoms with Gasteiger partial charge in [0.25, 0.3) is 0 Å². The molecular formula is C22H27F3N4O3S. The van der Waals surface area contributed by atoms with E-state index in [9.17, 15) is 22.8 Å². The number of fused-ring (bicyclic) bond motifs is 1. The fraction of sp³-hybridized carbons (Fsp3) is 0.591. The summed E-state index contributed by atoms with van der Waals surface area (Å²) in [7, 11) is 1.18. The molecule has 1 saturated heterocycles. The molecule has 1 amide bonds. The zero-order chi connectivity index (χ0) is 23.6. The van der Waals surface area contributed by atoms with E-state index in [1.54, 1.807) is 4.90 Å². The molecule has 2 aromatic heterocycles. The number of pyridine rings is 1. The monoisotopic (exact) mass is 484 g/mol. The van der Waals surface area contributed by atoms with E-state index in [0.29, 0.717) is 26.2 Å². The number of carbonyl (C=O) groups excluding carboxylic acids is 2. The molecule has 0 unspecified atom stereocenters. The van der Waals surface area contributed by atoms with Crippen molar-refractivity contribution in [3.8, 4) is 0 Å². The molecule has 2 fully saturated rings. The summed E-state index contributed by atoms with van der Waals surface area (Å²) in [5.41, 5.74) is -0.772. The van der Waals surface area contributed by atoms with Crippen molar-refractivity contribution in [3.63, 3.8) is 0 Å². The maximum Gasteiger partial charge on any atom is 0.417 e. The van der Waals surface area contributed by atoms with Crippen LogP contribution in [0.4, 0.5) is 19.0 Å². The predicted molar refractivity (Wildman–Crippen MR) is 120 cm³/mol. The third-order valence-electron chi connectivity index (χ3n) is 6.25. The zero-order valence-corrected chi connectivity index (χ0v) is 19.2. The third-order valence-corrected chi connectivity index (χ3v) is 7.26. The van der Waals surface area contributed by atoms with Crippen LogP contribution in [0.3, 0.4) is 0 Å². The van der Waals surface area contributed by atoms with Crippen LogP contribution in [0.25, 0.3) is 10.2 Å². The van der Waals surface area contributed by atoms with E-state index in [2.05, 4.69) is 10.3 Å². The Bertz CT molecular complexity index is 1010. The summed E-state index contributed by atoms with van der Waals surface area (Å²) >= 11 is 0.833. The summed E-state index contributed by atoms with van der Waals surface area (Å²) in [6.45, 7) is 2.22. The van der Waals surface area contributed by atoms with Crippen LogP contribution in [-0.2, 0) is 15.7 Å². The Morgan fingerprint density at radius 1 is 1.18 bits per heavy atom. The molecular weight excluding hydrogens is 457 g/mol. The van der Waals surface area contributed by atoms with Crippen molar-refractivity contribution >= 4 is 39.2 Å². The van der Waals surface area contributed by atoms with Crippen molar-refractivity contribution in [1.29, 1.82) is 0 Å². The van der Waals surface area contributed by atoms with Crippen molar-refractivity contribution in [2.45, 2.75) is 44.3 Å². The predicted octanol–water partition coefficient (Wildman–Crippen LogP) is 3.67. The van der Waals surface area contributed by atoms with E-state index in [1.165, 1.54) is 18.9 Å². The van der Waals surface area contributed by atoms with Crippen LogP contribution in [-0.4, -0.2) is 67.6 Å². The fourth-order valence-electron chi connectivity index (χ4n) is 4.48. The van der Waals surface area contributed by atoms with E-state index < -0.39 is 17.7 Å². The number of aromatic nitrogens is 1. The van der Waals surface area contributed by atoms with Gasteiger partial charge in [0.2, 0.25) is 5.91 Å². The second kappa shape index (κ2) is 9.84. The summed E-state index contributed by atoms with van der Waals surface area (Å²) in [6.07, 6.45) is 0.964. The molecule has 1 saturated carbocycles. The van der Waals surface area contributed by atoms with Gasteiger partial charge in [0.15, 0.2) is 0 Å². The van der Waals surface area contributed by atoms with Crippen molar-refractivity contribution in [1.82, 2.24) is 15.2 Å². The minimum Gasteiger partial charge on any atom is -0.465 e. The number of esters is 1. The largest absolute Gasteiger partial charge is 0.465 e. The van der Waals surface area contributed by atoms with E-state index in [0.717, 1.165) is 43.1 Å². The van der Waals surface area contributed by atoms with Gasteiger partial charge in [-0.3, -0.25) is 9.69 Å². The molecule has 0 atom stereocenters. The summed E-state index contributed by atoms with van der Waals surface area (Å²) in [5, 5.41) is 4.45. The summed E-state index contributed by atoms with van der Waals surface area (Å²) in [5.74, 6) is -0.548. The molecule has 1 aliphatic heterocycles. The van der Waals surface area contributed by atoms with Gasteiger partial charge in [-0.1, -0.05) is 19.3 Å². The number of methoxy groups -OCH3 is 1. The van der Waals surface area contributed by atoms with Crippen molar-refractivity contribution < 1.29 is 27.5 Å². The molecule has 1 N–H and O–H groups in total. The first-order valence-corrected chi connectivity index (χ1v) is 12.0. The Morgan fingerprint density at radius 3 is 2.52 bits per heavy atom. The van der Waals surface area contributed by atoms with Gasteiger partial charge in [-0.2, -0.15) is 13.2 Å². The molecule has 0 radical (unpaired) electrons. The van der Waals surface area contributed by atoms with E-state index in [4.69, 9.17) is 4.74 Å². The van der Waals surface area contributed by atoms with Crippen LogP contribution < -0.4 is 10.2 Å². The van der Waals surface area contributed by atoms with Gasteiger partial charge >= 0.3 is 12.1 Å². The SMILES string of the molecule is COC(=O)c1csc2c(C(F)(F)F)cc(N3CCN(CC(=O)NC4CCCCC4)CC3)nc12. The number of alkyl halides is 3. The van der Waals surface area contributed by atoms with Crippen LogP contribution in [0.2, 0.25) is 0 Å². The van der Waals surface area contributed by atoms with Gasteiger partial charge in [-0.05, 0) is 18.9 Å². The Balaban J connectivity index is 1.46. The highest BCUT2D eigenvalue weighted by Gasteiger charge is 2.36. The van der Waals surface area contributed by atoms with Gasteiger partial charge in [-0.15, -0.1) is 11.3 Å². The Morgan fingerprint density at radius 2 is 1.88 bits per heavy atom. The van der Waals surface area contributed by atoms with Crippen molar-refractivity contribution in [3.05, 3.63) is 22.6 Å². The molecule has 0 spiro atoms. The maximum atomic E-state index is 13.7. The molecule has 1 aliphatic carbocycles. The highest BCUT2D eigenvalue weighted by Crippen LogP contribution is 2.40. The zero-order valence-electron chi connectivity index (χ0n) is 18.4. The highest BCUT2D eigenvalue weighted by atomic mass is 32.1. The Hall–Kier alpha value is -2.40. The lowest BCUT2D eigenvalue weighted by molar-refractivity contribution is -0.136. The van der Waals surface area contributed by atoms with Crippen LogP contribution in [0, 0.1) is 0 Å². The van der Waals surface area contributed by atoms with E-state index >= 15 is 0 Å². The number of thiophene rings is 1. The lowest BCUT2D eigenvalue weighted by Crippen LogP contribution is -2.51. The van der Waals surface area contributed by atoms with Gasteiger partial charge in [0, 0.05) is 37.6 Å². The minimum atomic E-state index is -4.58. The molecule has 0 bridgehead atoms. The molecule has 3 heterocycles. The second-order valence-electron chi connectivity index (χ2n) is 8.51. The third kappa shape index (κ3) is 5.40. The van der Waals surface area contributed by atoms with Crippen LogP contribution in [0.1, 0.15) is 48.0 Å². The number of piperazine rings is 1. The number of nitrogens with zero attached hydrogens (tertiary/aromatic N) is 3. The highest BCUT2D eigenvalue weighted by molar-refractivity contribution is 7.17. The lowest BCUT2D eigenvalue weighted by atomic mass is 9.95. The van der Waals surface area contributed by atoms with Gasteiger partial charge in [0.05, 0.1) is 35.0 Å². The van der Waals surface area contributed by atoms with Crippen molar-refractivity contribution in [2.75, 3.05) is 44.7 Å². The van der Waals surface area contributed by atoms with Crippen molar-refractivity contribution in [2.24, 2.45) is 0 Å². The van der Waals surface area contributed by atoms with E-state index in [-0.39, 0.29) is 40.1 Å². The van der Waals surface area contributed by atoms with Gasteiger partial charge < -0.3 is 15.0 Å². The molecule has 2 aliphatic rings. The van der Waals surface area contributed by atoms with Crippen LogP contribution in [0.15, 0.2) is 11.4 Å². The Labute approximate surface area is 193 Å². The number of anilines is 1. The number of hydrogen-bond acceptors (Lipinski definition) is 7. The standard InChI is InChI=1S/C22H27F3N4O3S/c1-32-21(31)15-13-33-20-16(22(23,24)25)11-17(27-19(15)20)29-9-7-28(8-10-29)12-18(30)26-14-5-3-2-4-6-14/h11,13-14H,2-10,12H2,1H3,(H,26,30). The number of ether oxygens (including phenoxy) is 1. The molecule has 180 valence electrons.